The Bertz CT molecular complexity index is 862. The van der Waals surface area contributed by atoms with Gasteiger partial charge in [0.15, 0.2) is 5.13 Å². The van der Waals surface area contributed by atoms with E-state index in [2.05, 4.69) is 10.3 Å². The van der Waals surface area contributed by atoms with Crippen molar-refractivity contribution in [2.45, 2.75) is 36.8 Å². The molecule has 2 amide bonds. The molecule has 1 aromatic heterocycles. The molecule has 0 bridgehead atoms. The standard InChI is InChI=1S/C19H21N3O3S2/c1-26-15-7-3-2-5-12(15)18(24)22-9-8-13-16(11-22)27-19(20-13)21-17(23)14-6-4-10-25-14/h2-3,5,7,14H,4,6,8-11H2,1H3,(H,20,21,23). The maximum absolute atomic E-state index is 13.0. The van der Waals surface area contributed by atoms with Gasteiger partial charge < -0.3 is 9.64 Å². The van der Waals surface area contributed by atoms with E-state index in [4.69, 9.17) is 4.74 Å². The number of thioether (sulfide) groups is 1. The molecule has 0 spiro atoms. The van der Waals surface area contributed by atoms with Crippen LogP contribution in [0.25, 0.3) is 0 Å². The minimum absolute atomic E-state index is 0.0453. The molecule has 1 saturated heterocycles. The van der Waals surface area contributed by atoms with Gasteiger partial charge in [-0.3, -0.25) is 14.9 Å². The van der Waals surface area contributed by atoms with Crippen molar-refractivity contribution < 1.29 is 14.3 Å². The van der Waals surface area contributed by atoms with Crippen LogP contribution >= 0.6 is 23.1 Å². The summed E-state index contributed by atoms with van der Waals surface area (Å²) in [6, 6.07) is 7.69. The first kappa shape index (κ1) is 18.5. The number of carbonyl (C=O) groups excluding carboxylic acids is 2. The molecule has 1 atom stereocenters. The van der Waals surface area contributed by atoms with Gasteiger partial charge in [-0.05, 0) is 31.2 Å². The summed E-state index contributed by atoms with van der Waals surface area (Å²) in [5, 5.41) is 3.47. The number of rotatable bonds is 4. The second-order valence-corrected chi connectivity index (χ2v) is 8.49. The number of hydrogen-bond donors (Lipinski definition) is 1. The SMILES string of the molecule is CSc1ccccc1C(=O)N1CCc2nc(NC(=O)C3CCCO3)sc2C1. The van der Waals surface area contributed by atoms with E-state index >= 15 is 0 Å². The van der Waals surface area contributed by atoms with Crippen molar-refractivity contribution in [1.82, 2.24) is 9.88 Å². The summed E-state index contributed by atoms with van der Waals surface area (Å²) in [5.74, 6) is -0.0793. The molecule has 1 aromatic carbocycles. The van der Waals surface area contributed by atoms with Crippen molar-refractivity contribution in [2.24, 2.45) is 0 Å². The Labute approximate surface area is 166 Å². The molecule has 3 heterocycles. The van der Waals surface area contributed by atoms with Crippen LogP contribution < -0.4 is 5.32 Å². The summed E-state index contributed by atoms with van der Waals surface area (Å²) in [6.07, 6.45) is 3.99. The third-order valence-corrected chi connectivity index (χ3v) is 6.60. The van der Waals surface area contributed by atoms with E-state index in [1.807, 2.05) is 35.4 Å². The van der Waals surface area contributed by atoms with Gasteiger partial charge in [-0.1, -0.05) is 23.5 Å². The fourth-order valence-corrected chi connectivity index (χ4v) is 5.00. The number of nitrogens with zero attached hydrogens (tertiary/aromatic N) is 2. The van der Waals surface area contributed by atoms with Gasteiger partial charge in [0.2, 0.25) is 0 Å². The molecule has 0 saturated carbocycles. The third kappa shape index (κ3) is 3.88. The van der Waals surface area contributed by atoms with Crippen LogP contribution in [0.3, 0.4) is 0 Å². The molecular weight excluding hydrogens is 382 g/mol. The van der Waals surface area contributed by atoms with Gasteiger partial charge in [0, 0.05) is 29.3 Å². The van der Waals surface area contributed by atoms with Crippen LogP contribution in [0.1, 0.15) is 33.8 Å². The minimum Gasteiger partial charge on any atom is -0.368 e. The molecule has 0 aliphatic carbocycles. The van der Waals surface area contributed by atoms with Crippen molar-refractivity contribution in [3.63, 3.8) is 0 Å². The van der Waals surface area contributed by atoms with E-state index in [1.54, 1.807) is 11.8 Å². The van der Waals surface area contributed by atoms with Crippen molar-refractivity contribution in [2.75, 3.05) is 24.7 Å². The van der Waals surface area contributed by atoms with Crippen molar-refractivity contribution in [3.8, 4) is 0 Å². The molecule has 2 aromatic rings. The molecule has 8 heteroatoms. The number of fused-ring (bicyclic) bond motifs is 1. The molecule has 1 fully saturated rings. The van der Waals surface area contributed by atoms with Crippen molar-refractivity contribution >= 4 is 40.0 Å². The molecule has 6 nitrogen and oxygen atoms in total. The summed E-state index contributed by atoms with van der Waals surface area (Å²) in [4.78, 5) is 33.6. The highest BCUT2D eigenvalue weighted by atomic mass is 32.2. The smallest absolute Gasteiger partial charge is 0.255 e. The molecule has 1 unspecified atom stereocenters. The van der Waals surface area contributed by atoms with E-state index in [9.17, 15) is 9.59 Å². The van der Waals surface area contributed by atoms with Gasteiger partial charge in [0.25, 0.3) is 11.8 Å². The zero-order valence-electron chi connectivity index (χ0n) is 15.1. The fraction of sp³-hybridized carbons (Fsp3) is 0.421. The van der Waals surface area contributed by atoms with Crippen molar-refractivity contribution in [3.05, 3.63) is 40.4 Å². The Kier molecular flexibility index (Phi) is 5.47. The van der Waals surface area contributed by atoms with Crippen LogP contribution in [0.5, 0.6) is 0 Å². The zero-order valence-corrected chi connectivity index (χ0v) is 16.7. The van der Waals surface area contributed by atoms with Gasteiger partial charge in [0.1, 0.15) is 6.10 Å². The van der Waals surface area contributed by atoms with Gasteiger partial charge in [-0.15, -0.1) is 11.8 Å². The second kappa shape index (κ2) is 8.00. The summed E-state index contributed by atoms with van der Waals surface area (Å²) in [5.41, 5.74) is 1.72. The first-order valence-electron chi connectivity index (χ1n) is 8.99. The normalized spacial score (nSPS) is 19.0. The molecule has 4 rings (SSSR count). The largest absolute Gasteiger partial charge is 0.368 e. The highest BCUT2D eigenvalue weighted by Gasteiger charge is 2.28. The summed E-state index contributed by atoms with van der Waals surface area (Å²) >= 11 is 3.03. The Balaban J connectivity index is 1.46. The van der Waals surface area contributed by atoms with Crippen LogP contribution in [0.15, 0.2) is 29.2 Å². The number of hydrogen-bond acceptors (Lipinski definition) is 6. The lowest BCUT2D eigenvalue weighted by Crippen LogP contribution is -2.35. The molecule has 2 aliphatic rings. The van der Waals surface area contributed by atoms with E-state index < -0.39 is 0 Å². The monoisotopic (exact) mass is 403 g/mol. The quantitative estimate of drug-likeness (QED) is 0.794. The molecule has 142 valence electrons. The summed E-state index contributed by atoms with van der Waals surface area (Å²) < 4.78 is 5.42. The minimum atomic E-state index is -0.368. The second-order valence-electron chi connectivity index (χ2n) is 6.56. The number of nitrogens with one attached hydrogen (secondary N) is 1. The van der Waals surface area contributed by atoms with Crippen LogP contribution in [0.4, 0.5) is 5.13 Å². The van der Waals surface area contributed by atoms with E-state index in [1.165, 1.54) is 11.3 Å². The molecular formula is C19H21N3O3S2. The van der Waals surface area contributed by atoms with Crippen LogP contribution in [0, 0.1) is 0 Å². The van der Waals surface area contributed by atoms with Crippen LogP contribution in [-0.4, -0.2) is 47.2 Å². The van der Waals surface area contributed by atoms with E-state index in [0.717, 1.165) is 33.9 Å². The summed E-state index contributed by atoms with van der Waals surface area (Å²) in [7, 11) is 0. The zero-order chi connectivity index (χ0) is 18.8. The topological polar surface area (TPSA) is 71.5 Å². The first-order chi connectivity index (χ1) is 13.2. The lowest BCUT2D eigenvalue weighted by atomic mass is 10.1. The average molecular weight is 404 g/mol. The molecule has 27 heavy (non-hydrogen) atoms. The number of aromatic nitrogens is 1. The Morgan fingerprint density at radius 1 is 1.37 bits per heavy atom. The molecule has 0 radical (unpaired) electrons. The van der Waals surface area contributed by atoms with Gasteiger partial charge in [-0.2, -0.15) is 0 Å². The number of ether oxygens (including phenoxy) is 1. The molecule has 1 N–H and O–H groups in total. The van der Waals surface area contributed by atoms with Gasteiger partial charge in [0.05, 0.1) is 17.8 Å². The Morgan fingerprint density at radius 2 is 2.22 bits per heavy atom. The number of anilines is 1. The number of thiazole rings is 1. The predicted octanol–water partition coefficient (Wildman–Crippen LogP) is 3.18. The van der Waals surface area contributed by atoms with Gasteiger partial charge >= 0.3 is 0 Å². The summed E-state index contributed by atoms with van der Waals surface area (Å²) in [6.45, 7) is 1.81. The first-order valence-corrected chi connectivity index (χ1v) is 11.0. The lowest BCUT2D eigenvalue weighted by Gasteiger charge is -2.26. The maximum atomic E-state index is 13.0. The van der Waals surface area contributed by atoms with E-state index in [-0.39, 0.29) is 17.9 Å². The maximum Gasteiger partial charge on any atom is 0.255 e. The predicted molar refractivity (Wildman–Crippen MR) is 106 cm³/mol. The Morgan fingerprint density at radius 3 is 3.00 bits per heavy atom. The van der Waals surface area contributed by atoms with Crippen LogP contribution in [-0.2, 0) is 22.5 Å². The Hall–Kier alpha value is -1.90. The lowest BCUT2D eigenvalue weighted by molar-refractivity contribution is -0.124. The van der Waals surface area contributed by atoms with E-state index in [0.29, 0.717) is 31.2 Å². The number of benzene rings is 1. The van der Waals surface area contributed by atoms with Crippen molar-refractivity contribution in [1.29, 1.82) is 0 Å². The highest BCUT2D eigenvalue weighted by Crippen LogP contribution is 2.30. The number of amides is 2. The molecule has 2 aliphatic heterocycles. The fourth-order valence-electron chi connectivity index (χ4n) is 3.38. The van der Waals surface area contributed by atoms with Gasteiger partial charge in [-0.25, -0.2) is 4.98 Å². The highest BCUT2D eigenvalue weighted by molar-refractivity contribution is 7.98. The van der Waals surface area contributed by atoms with Crippen LogP contribution in [0.2, 0.25) is 0 Å². The average Bonchev–Trinajstić information content (AvgIpc) is 3.36. The third-order valence-electron chi connectivity index (χ3n) is 4.81. The number of carbonyl (C=O) groups is 2.